The maximum atomic E-state index is 14.0. The van der Waals surface area contributed by atoms with Gasteiger partial charge in [-0.2, -0.15) is 0 Å². The zero-order valence-corrected chi connectivity index (χ0v) is 24.7. The summed E-state index contributed by atoms with van der Waals surface area (Å²) in [4.78, 5) is 41.4. The smallest absolute Gasteiger partial charge is 0.260 e. The lowest BCUT2D eigenvalue weighted by molar-refractivity contribution is 0.0699. The van der Waals surface area contributed by atoms with E-state index in [0.717, 1.165) is 0 Å². The first-order valence-electron chi connectivity index (χ1n) is 13.1. The molecule has 1 aliphatic heterocycles. The Morgan fingerprint density at radius 2 is 1.40 bits per heavy atom. The van der Waals surface area contributed by atoms with Crippen molar-refractivity contribution >= 4 is 63.9 Å². The van der Waals surface area contributed by atoms with E-state index in [1.807, 2.05) is 0 Å². The summed E-state index contributed by atoms with van der Waals surface area (Å²) in [5.41, 5.74) is 2.83. The number of hydrogen-bond donors (Lipinski definition) is 2. The van der Waals surface area contributed by atoms with Gasteiger partial charge >= 0.3 is 0 Å². The Bertz CT molecular complexity index is 1640. The Balaban J connectivity index is 1.42. The van der Waals surface area contributed by atoms with Crippen LogP contribution in [0.4, 0.5) is 11.4 Å². The highest BCUT2D eigenvalue weighted by Crippen LogP contribution is 2.38. The molecule has 0 bridgehead atoms. The van der Waals surface area contributed by atoms with Crippen LogP contribution in [0.5, 0.6) is 0 Å². The molecule has 5 rings (SSSR count). The molecule has 0 spiro atoms. The van der Waals surface area contributed by atoms with Gasteiger partial charge in [-0.05, 0) is 85.1 Å². The van der Waals surface area contributed by atoms with Crippen LogP contribution < -0.4 is 15.5 Å². The number of rotatable bonds is 6. The lowest BCUT2D eigenvalue weighted by Crippen LogP contribution is -2.41. The summed E-state index contributed by atoms with van der Waals surface area (Å²) in [5.74, 6) is -1.01. The molecule has 2 N–H and O–H groups in total. The lowest BCUT2D eigenvalue weighted by atomic mass is 10.0. The number of fused-ring (bicyclic) bond motifs is 1. The van der Waals surface area contributed by atoms with Gasteiger partial charge in [-0.25, -0.2) is 0 Å². The van der Waals surface area contributed by atoms with Crippen LogP contribution >= 0.6 is 34.8 Å². The number of nitrogens with one attached hydrogen (secondary N) is 2. The standard InChI is InChI=1S/C32H26Cl3N3O4/c1-42-29-17-15-27(37-31(40)23-7-3-5-9-26(23)35)24-18-20(33)12-16-28(24)38(29)32(41)19-10-13-21(14-11-19)36-30(39)22-6-2-4-8-25(22)34/h2-14,16,18,27,29H,15,17H2,1H3,(H,36,39)(H,37,40). The van der Waals surface area contributed by atoms with Crippen molar-refractivity contribution < 1.29 is 19.1 Å². The molecule has 0 fully saturated rings. The van der Waals surface area contributed by atoms with Crippen LogP contribution in [0.25, 0.3) is 0 Å². The maximum absolute atomic E-state index is 14.0. The van der Waals surface area contributed by atoms with Crippen molar-refractivity contribution in [1.29, 1.82) is 0 Å². The minimum absolute atomic E-state index is 0.313. The Morgan fingerprint density at radius 1 is 0.786 bits per heavy atom. The van der Waals surface area contributed by atoms with Crippen LogP contribution in [-0.4, -0.2) is 31.1 Å². The number of hydrogen-bond acceptors (Lipinski definition) is 4. The molecular weight excluding hydrogens is 597 g/mol. The van der Waals surface area contributed by atoms with Crippen molar-refractivity contribution in [3.05, 3.63) is 128 Å². The van der Waals surface area contributed by atoms with Crippen molar-refractivity contribution in [2.75, 3.05) is 17.3 Å². The Labute approximate surface area is 258 Å². The van der Waals surface area contributed by atoms with E-state index in [2.05, 4.69) is 10.6 Å². The van der Waals surface area contributed by atoms with Crippen molar-refractivity contribution in [2.24, 2.45) is 0 Å². The fraction of sp³-hybridized carbons (Fsp3) is 0.156. The zero-order chi connectivity index (χ0) is 29.8. The predicted octanol–water partition coefficient (Wildman–Crippen LogP) is 7.78. The molecule has 2 atom stereocenters. The van der Waals surface area contributed by atoms with Gasteiger partial charge in [0.05, 0.1) is 32.9 Å². The molecule has 4 aromatic rings. The quantitative estimate of drug-likeness (QED) is 0.230. The largest absolute Gasteiger partial charge is 0.361 e. The van der Waals surface area contributed by atoms with Gasteiger partial charge in [-0.15, -0.1) is 0 Å². The normalized spacial score (nSPS) is 16.2. The summed E-state index contributed by atoms with van der Waals surface area (Å²) >= 11 is 18.8. The van der Waals surface area contributed by atoms with E-state index >= 15 is 0 Å². The molecule has 0 radical (unpaired) electrons. The monoisotopic (exact) mass is 621 g/mol. The van der Waals surface area contributed by atoms with Crippen LogP contribution in [-0.2, 0) is 4.74 Å². The third-order valence-corrected chi connectivity index (χ3v) is 7.93. The molecule has 4 aromatic carbocycles. The summed E-state index contributed by atoms with van der Waals surface area (Å²) in [7, 11) is 1.54. The van der Waals surface area contributed by atoms with E-state index in [1.54, 1.807) is 95.9 Å². The number of anilines is 2. The molecule has 0 saturated carbocycles. The van der Waals surface area contributed by atoms with Crippen LogP contribution in [0.3, 0.4) is 0 Å². The first kappa shape index (κ1) is 29.6. The molecule has 0 aromatic heterocycles. The highest BCUT2D eigenvalue weighted by atomic mass is 35.5. The van der Waals surface area contributed by atoms with Crippen LogP contribution in [0.15, 0.2) is 91.0 Å². The van der Waals surface area contributed by atoms with Gasteiger partial charge in [0, 0.05) is 23.4 Å². The SMILES string of the molecule is COC1CCC(NC(=O)c2ccccc2Cl)c2cc(Cl)ccc2N1C(=O)c1ccc(NC(=O)c2ccccc2Cl)cc1. The summed E-state index contributed by atoms with van der Waals surface area (Å²) in [6, 6.07) is 24.9. The van der Waals surface area contributed by atoms with Gasteiger partial charge in [-0.3, -0.25) is 19.3 Å². The third-order valence-electron chi connectivity index (χ3n) is 7.04. The van der Waals surface area contributed by atoms with E-state index < -0.39 is 12.3 Å². The Kier molecular flexibility index (Phi) is 9.14. The van der Waals surface area contributed by atoms with Crippen molar-refractivity contribution in [2.45, 2.75) is 25.1 Å². The third kappa shape index (κ3) is 6.30. The number of halogens is 3. The van der Waals surface area contributed by atoms with Gasteiger partial charge in [-0.1, -0.05) is 59.1 Å². The van der Waals surface area contributed by atoms with Crippen molar-refractivity contribution in [1.82, 2.24) is 5.32 Å². The van der Waals surface area contributed by atoms with Crippen molar-refractivity contribution in [3.8, 4) is 0 Å². The number of benzene rings is 4. The molecular formula is C32H26Cl3N3O4. The van der Waals surface area contributed by atoms with Gasteiger partial charge in [0.2, 0.25) is 0 Å². The van der Waals surface area contributed by atoms with E-state index in [1.165, 1.54) is 7.11 Å². The van der Waals surface area contributed by atoms with Crippen LogP contribution in [0.1, 0.15) is 55.5 Å². The number of nitrogens with zero attached hydrogens (tertiary/aromatic N) is 1. The number of methoxy groups -OCH3 is 1. The second-order valence-corrected chi connectivity index (χ2v) is 10.9. The minimum Gasteiger partial charge on any atom is -0.361 e. The molecule has 214 valence electrons. The highest BCUT2D eigenvalue weighted by Gasteiger charge is 2.35. The van der Waals surface area contributed by atoms with Crippen molar-refractivity contribution in [3.63, 3.8) is 0 Å². The summed E-state index contributed by atoms with van der Waals surface area (Å²) < 4.78 is 5.78. The fourth-order valence-electron chi connectivity index (χ4n) is 4.95. The Morgan fingerprint density at radius 3 is 2.02 bits per heavy atom. The van der Waals surface area contributed by atoms with Gasteiger partial charge in [0.25, 0.3) is 17.7 Å². The molecule has 7 nitrogen and oxygen atoms in total. The average Bonchev–Trinajstić information content (AvgIpc) is 3.13. The molecule has 1 aliphatic rings. The number of amides is 3. The van der Waals surface area contributed by atoms with Crippen LogP contribution in [0, 0.1) is 0 Å². The van der Waals surface area contributed by atoms with E-state index in [4.69, 9.17) is 39.5 Å². The Hall–Kier alpha value is -3.88. The summed E-state index contributed by atoms with van der Waals surface area (Å²) in [6.45, 7) is 0. The molecule has 42 heavy (non-hydrogen) atoms. The molecule has 0 aliphatic carbocycles. The number of carbonyl (C=O) groups is 3. The van der Waals surface area contributed by atoms with Gasteiger partial charge in [0.1, 0.15) is 6.23 Å². The molecule has 10 heteroatoms. The second-order valence-electron chi connectivity index (χ2n) is 9.66. The van der Waals surface area contributed by atoms with E-state index in [0.29, 0.717) is 61.5 Å². The highest BCUT2D eigenvalue weighted by molar-refractivity contribution is 6.34. The lowest BCUT2D eigenvalue weighted by Gasteiger charge is -2.30. The number of carbonyl (C=O) groups excluding carboxylic acids is 3. The van der Waals surface area contributed by atoms with Crippen LogP contribution in [0.2, 0.25) is 15.1 Å². The molecule has 1 heterocycles. The predicted molar refractivity (Wildman–Crippen MR) is 166 cm³/mol. The minimum atomic E-state index is -0.612. The fourth-order valence-corrected chi connectivity index (χ4v) is 5.57. The average molecular weight is 623 g/mol. The summed E-state index contributed by atoms with van der Waals surface area (Å²) in [5, 5.41) is 7.01. The van der Waals surface area contributed by atoms with E-state index in [-0.39, 0.29) is 17.7 Å². The van der Waals surface area contributed by atoms with Gasteiger partial charge < -0.3 is 15.4 Å². The van der Waals surface area contributed by atoms with E-state index in [9.17, 15) is 14.4 Å². The first-order valence-corrected chi connectivity index (χ1v) is 14.3. The molecule has 0 saturated heterocycles. The summed E-state index contributed by atoms with van der Waals surface area (Å²) in [6.07, 6.45) is 0.312. The topological polar surface area (TPSA) is 87.7 Å². The molecule has 2 unspecified atom stereocenters. The number of ether oxygens (including phenoxy) is 1. The maximum Gasteiger partial charge on any atom is 0.260 e. The first-order chi connectivity index (χ1) is 20.3. The molecule has 3 amide bonds. The second kappa shape index (κ2) is 13.0. The van der Waals surface area contributed by atoms with Gasteiger partial charge in [0.15, 0.2) is 0 Å². The zero-order valence-electron chi connectivity index (χ0n) is 22.4.